The van der Waals surface area contributed by atoms with E-state index in [4.69, 9.17) is 0 Å². The summed E-state index contributed by atoms with van der Waals surface area (Å²) in [6, 6.07) is -2.30. The molecule has 0 unspecified atom stereocenters. The van der Waals surface area contributed by atoms with Gasteiger partial charge in [-0.05, 0) is 26.2 Å². The topological polar surface area (TPSA) is 150 Å². The number of rotatable bonds is 27. The predicted molar refractivity (Wildman–Crippen MR) is 183 cm³/mol. The lowest BCUT2D eigenvalue weighted by Gasteiger charge is -2.26. The van der Waals surface area contributed by atoms with Crippen molar-refractivity contribution in [2.75, 3.05) is 0 Å². The number of unbranched alkanes of at least 4 members (excludes halogenated alkanes) is 12. The third-order valence-corrected chi connectivity index (χ3v) is 8.62. The van der Waals surface area contributed by atoms with Gasteiger partial charge in [0.2, 0.25) is 17.7 Å². The van der Waals surface area contributed by atoms with Gasteiger partial charge in [-0.3, -0.25) is 24.0 Å². The van der Waals surface area contributed by atoms with Crippen LogP contribution in [0.15, 0.2) is 12.5 Å². The fraction of sp³-hybridized carbons (Fsp3) is 0.778. The van der Waals surface area contributed by atoms with Crippen LogP contribution >= 0.6 is 0 Å². The summed E-state index contributed by atoms with van der Waals surface area (Å²) < 4.78 is 0. The van der Waals surface area contributed by atoms with Crippen LogP contribution in [0.25, 0.3) is 0 Å². The quantitative estimate of drug-likeness (QED) is 0.0845. The van der Waals surface area contributed by atoms with E-state index in [0.717, 1.165) is 19.3 Å². The van der Waals surface area contributed by atoms with Crippen LogP contribution in [0.5, 0.6) is 0 Å². The van der Waals surface area contributed by atoms with Crippen molar-refractivity contribution < 1.29 is 24.0 Å². The van der Waals surface area contributed by atoms with Crippen LogP contribution in [0.4, 0.5) is 0 Å². The highest BCUT2D eigenvalue weighted by molar-refractivity contribution is 5.95. The van der Waals surface area contributed by atoms with Crippen molar-refractivity contribution in [3.63, 3.8) is 0 Å². The van der Waals surface area contributed by atoms with Crippen LogP contribution in [0.1, 0.15) is 150 Å². The monoisotopic (exact) mass is 645 g/mol. The first kappa shape index (κ1) is 41.0. The molecule has 0 fully saturated rings. The molecule has 4 atom stereocenters. The zero-order valence-corrected chi connectivity index (χ0v) is 29.6. The molecule has 0 aliphatic heterocycles. The number of nitrogens with zero attached hydrogens (tertiary/aromatic N) is 1. The van der Waals surface area contributed by atoms with E-state index in [1.807, 2.05) is 13.8 Å². The third kappa shape index (κ3) is 17.6. The molecule has 1 aromatic heterocycles. The maximum Gasteiger partial charge on any atom is 0.242 e. The number of carbonyl (C=O) groups excluding carboxylic acids is 5. The number of aromatic nitrogens is 2. The van der Waals surface area contributed by atoms with Crippen molar-refractivity contribution in [1.29, 1.82) is 0 Å². The highest BCUT2D eigenvalue weighted by Gasteiger charge is 2.32. The average molecular weight is 646 g/mol. The van der Waals surface area contributed by atoms with Crippen LogP contribution in [-0.4, -0.2) is 57.4 Å². The molecule has 262 valence electrons. The molecule has 0 aromatic carbocycles. The fourth-order valence-electron chi connectivity index (χ4n) is 5.59. The molecule has 0 aliphatic rings. The Morgan fingerprint density at radius 2 is 1.26 bits per heavy atom. The number of hydrogen-bond donors (Lipinski definition) is 4. The maximum atomic E-state index is 13.5. The van der Waals surface area contributed by atoms with E-state index in [0.29, 0.717) is 18.5 Å². The minimum Gasteiger partial charge on any atom is -0.348 e. The Bertz CT molecular complexity index is 1030. The predicted octanol–water partition coefficient (Wildman–Crippen LogP) is 6.14. The molecule has 10 nitrogen and oxygen atoms in total. The van der Waals surface area contributed by atoms with E-state index in [2.05, 4.69) is 32.8 Å². The van der Waals surface area contributed by atoms with E-state index in [-0.39, 0.29) is 36.2 Å². The molecular formula is C36H63N5O5. The molecule has 0 bridgehead atoms. The summed E-state index contributed by atoms with van der Waals surface area (Å²) in [4.78, 5) is 71.1. The first-order valence-corrected chi connectivity index (χ1v) is 17.9. The maximum absolute atomic E-state index is 13.5. The Morgan fingerprint density at radius 3 is 1.76 bits per heavy atom. The summed E-state index contributed by atoms with van der Waals surface area (Å²) in [7, 11) is 0. The number of hydrogen-bond acceptors (Lipinski definition) is 6. The summed E-state index contributed by atoms with van der Waals surface area (Å²) in [5.74, 6) is -2.40. The first-order valence-electron chi connectivity index (χ1n) is 17.9. The summed E-state index contributed by atoms with van der Waals surface area (Å²) in [6.07, 6.45) is 19.9. The SMILES string of the molecule is CCCCCCCCCCCCCCCC(=O)N[C@@H](C)C(=O)N[C@H](C(=O)C[C@@H](Cc1cnc[nH]1)C(=O)N[C@@H](C)C(=O)CC)C(C)C. The van der Waals surface area contributed by atoms with Gasteiger partial charge >= 0.3 is 0 Å². The van der Waals surface area contributed by atoms with Crippen molar-refractivity contribution in [3.05, 3.63) is 18.2 Å². The van der Waals surface area contributed by atoms with E-state index in [9.17, 15) is 24.0 Å². The van der Waals surface area contributed by atoms with E-state index >= 15 is 0 Å². The van der Waals surface area contributed by atoms with E-state index < -0.39 is 35.9 Å². The molecule has 3 amide bonds. The minimum absolute atomic E-state index is 0.0996. The lowest BCUT2D eigenvalue weighted by Crippen LogP contribution is -2.52. The van der Waals surface area contributed by atoms with Crippen LogP contribution in [0.2, 0.25) is 0 Å². The lowest BCUT2D eigenvalue weighted by molar-refractivity contribution is -0.134. The van der Waals surface area contributed by atoms with Gasteiger partial charge in [0.25, 0.3) is 0 Å². The Morgan fingerprint density at radius 1 is 0.696 bits per heavy atom. The molecule has 0 saturated carbocycles. The number of amides is 3. The van der Waals surface area contributed by atoms with E-state index in [1.165, 1.54) is 70.5 Å². The van der Waals surface area contributed by atoms with Gasteiger partial charge in [0.05, 0.1) is 24.3 Å². The normalized spacial score (nSPS) is 13.9. The summed E-state index contributed by atoms with van der Waals surface area (Å²) in [5.41, 5.74) is 0.687. The Labute approximate surface area is 277 Å². The third-order valence-electron chi connectivity index (χ3n) is 8.62. The number of carbonyl (C=O) groups is 5. The van der Waals surface area contributed by atoms with Gasteiger partial charge in [-0.25, -0.2) is 4.98 Å². The van der Waals surface area contributed by atoms with E-state index in [1.54, 1.807) is 27.0 Å². The molecule has 10 heteroatoms. The zero-order valence-electron chi connectivity index (χ0n) is 29.6. The number of aromatic amines is 1. The van der Waals surface area contributed by atoms with Crippen molar-refractivity contribution >= 4 is 29.3 Å². The summed E-state index contributed by atoms with van der Waals surface area (Å²) in [5, 5.41) is 8.30. The molecule has 0 spiro atoms. The number of Topliss-reactive ketones (excluding diaryl/α,β-unsaturated/α-hetero) is 2. The summed E-state index contributed by atoms with van der Waals surface area (Å²) in [6.45, 7) is 10.9. The van der Waals surface area contributed by atoms with Gasteiger partial charge < -0.3 is 20.9 Å². The van der Waals surface area contributed by atoms with Gasteiger partial charge in [0.15, 0.2) is 11.6 Å². The highest BCUT2D eigenvalue weighted by atomic mass is 16.2. The minimum atomic E-state index is -0.834. The van der Waals surface area contributed by atoms with Crippen molar-refractivity contribution in [2.24, 2.45) is 11.8 Å². The second-order valence-electron chi connectivity index (χ2n) is 13.2. The van der Waals surface area contributed by atoms with Crippen LogP contribution in [-0.2, 0) is 30.4 Å². The van der Waals surface area contributed by atoms with Crippen molar-refractivity contribution in [3.8, 4) is 0 Å². The number of H-pyrrole nitrogens is 1. The van der Waals surface area contributed by atoms with Crippen LogP contribution < -0.4 is 16.0 Å². The fourth-order valence-corrected chi connectivity index (χ4v) is 5.59. The molecule has 1 rings (SSSR count). The standard InChI is InChI=1S/C36H63N5O5/c1-7-9-10-11-12-13-14-15-16-17-18-19-20-21-33(44)39-28(6)35(45)41-34(26(3)4)32(43)23-29(22-30-24-37-25-38-30)36(46)40-27(5)31(42)8-2/h24-29,34H,7-23H2,1-6H3,(H,37,38)(H,39,44)(H,40,46)(H,41,45)/t27-,28-,29+,34-/m0/s1. The van der Waals surface area contributed by atoms with Crippen LogP contribution in [0.3, 0.4) is 0 Å². The molecule has 1 aromatic rings. The largest absolute Gasteiger partial charge is 0.348 e. The highest BCUT2D eigenvalue weighted by Crippen LogP contribution is 2.17. The van der Waals surface area contributed by atoms with Gasteiger partial charge in [-0.15, -0.1) is 0 Å². The lowest BCUT2D eigenvalue weighted by atomic mass is 9.89. The smallest absolute Gasteiger partial charge is 0.242 e. The van der Waals surface area contributed by atoms with Crippen molar-refractivity contribution in [1.82, 2.24) is 25.9 Å². The van der Waals surface area contributed by atoms with Gasteiger partial charge in [0.1, 0.15) is 6.04 Å². The van der Waals surface area contributed by atoms with Gasteiger partial charge in [0, 0.05) is 37.6 Å². The second-order valence-corrected chi connectivity index (χ2v) is 13.2. The zero-order chi connectivity index (χ0) is 34.3. The molecule has 0 aliphatic carbocycles. The summed E-state index contributed by atoms with van der Waals surface area (Å²) >= 11 is 0. The second kappa shape index (κ2) is 24.2. The van der Waals surface area contributed by atoms with Crippen LogP contribution in [0, 0.1) is 11.8 Å². The molecule has 4 N–H and O–H groups in total. The van der Waals surface area contributed by atoms with Gasteiger partial charge in [-0.1, -0.05) is 105 Å². The molecule has 1 heterocycles. The first-order chi connectivity index (χ1) is 22.0. The molecular weight excluding hydrogens is 582 g/mol. The number of ketones is 2. The molecule has 0 radical (unpaired) electrons. The molecule has 0 saturated heterocycles. The van der Waals surface area contributed by atoms with Gasteiger partial charge in [-0.2, -0.15) is 0 Å². The average Bonchev–Trinajstić information content (AvgIpc) is 3.54. The van der Waals surface area contributed by atoms with Crippen molar-refractivity contribution in [2.45, 2.75) is 169 Å². The number of imidazole rings is 1. The number of nitrogens with one attached hydrogen (secondary N) is 4. The Kier molecular flexibility index (Phi) is 21.5. The Balaban J connectivity index is 2.49. The molecule has 46 heavy (non-hydrogen) atoms. The Hall–Kier alpha value is -3.04.